The highest BCUT2D eigenvalue weighted by Gasteiger charge is 2.26. The van der Waals surface area contributed by atoms with Crippen molar-refractivity contribution in [1.82, 2.24) is 0 Å². The number of rotatable bonds is 26. The number of ether oxygens (including phenoxy) is 1. The monoisotopic (exact) mass is 575 g/mol. The summed E-state index contributed by atoms with van der Waals surface area (Å²) in [5.41, 5.74) is 5.16. The van der Waals surface area contributed by atoms with Crippen LogP contribution in [0.25, 0.3) is 0 Å². The van der Waals surface area contributed by atoms with Gasteiger partial charge in [0.05, 0.1) is 13.2 Å². The van der Waals surface area contributed by atoms with Crippen molar-refractivity contribution in [3.05, 3.63) is 36.5 Å². The molecule has 0 aromatic rings. The van der Waals surface area contributed by atoms with E-state index in [-0.39, 0.29) is 6.42 Å². The average molecular weight is 576 g/mol. The van der Waals surface area contributed by atoms with E-state index in [9.17, 15) is 24.2 Å². The number of aliphatic carboxylic acids is 1. The largest absolute Gasteiger partial charge is 0.480 e. The Morgan fingerprint density at radius 3 is 1.90 bits per heavy atom. The Morgan fingerprint density at radius 1 is 0.795 bits per heavy atom. The van der Waals surface area contributed by atoms with Gasteiger partial charge in [-0.05, 0) is 44.9 Å². The van der Waals surface area contributed by atoms with Gasteiger partial charge in [-0.25, -0.2) is 4.57 Å². The van der Waals surface area contributed by atoms with Crippen LogP contribution in [0.2, 0.25) is 0 Å². The third-order valence-corrected chi connectivity index (χ3v) is 6.57. The van der Waals surface area contributed by atoms with Gasteiger partial charge in [0.15, 0.2) is 0 Å². The van der Waals surface area contributed by atoms with Gasteiger partial charge in [0.2, 0.25) is 0 Å². The van der Waals surface area contributed by atoms with Crippen molar-refractivity contribution in [2.75, 3.05) is 19.8 Å². The van der Waals surface area contributed by atoms with Crippen molar-refractivity contribution in [1.29, 1.82) is 0 Å². The topological polar surface area (TPSA) is 166 Å². The van der Waals surface area contributed by atoms with E-state index in [0.717, 1.165) is 51.4 Å². The van der Waals surface area contributed by atoms with Crippen LogP contribution in [0.5, 0.6) is 0 Å². The maximum atomic E-state index is 11.8. The fraction of sp³-hybridized carbons (Fsp3) is 0.714. The Hall–Kier alpha value is -1.81. The summed E-state index contributed by atoms with van der Waals surface area (Å²) >= 11 is 0. The highest BCUT2D eigenvalue weighted by atomic mass is 31.2. The molecule has 0 amide bonds. The van der Waals surface area contributed by atoms with Gasteiger partial charge in [-0.2, -0.15) is 0 Å². The molecule has 39 heavy (non-hydrogen) atoms. The first-order chi connectivity index (χ1) is 18.7. The van der Waals surface area contributed by atoms with E-state index in [4.69, 9.17) is 15.6 Å². The molecule has 10 nitrogen and oxygen atoms in total. The number of aliphatic hydroxyl groups is 1. The molecule has 11 heteroatoms. The van der Waals surface area contributed by atoms with E-state index in [1.807, 2.05) is 0 Å². The van der Waals surface area contributed by atoms with E-state index < -0.39 is 51.7 Å². The molecule has 0 rings (SSSR count). The molecular weight excluding hydrogens is 525 g/mol. The zero-order chi connectivity index (χ0) is 29.2. The van der Waals surface area contributed by atoms with Gasteiger partial charge in [0, 0.05) is 6.42 Å². The number of carboxylic acid groups (broad SMARTS) is 1. The molecule has 0 fully saturated rings. The van der Waals surface area contributed by atoms with Gasteiger partial charge in [-0.3, -0.25) is 18.6 Å². The molecule has 0 aliphatic rings. The van der Waals surface area contributed by atoms with Crippen molar-refractivity contribution in [3.8, 4) is 0 Å². The van der Waals surface area contributed by atoms with Gasteiger partial charge >= 0.3 is 19.8 Å². The van der Waals surface area contributed by atoms with E-state index in [1.54, 1.807) is 0 Å². The third-order valence-electron chi connectivity index (χ3n) is 5.62. The summed E-state index contributed by atoms with van der Waals surface area (Å²) in [5, 5.41) is 18.4. The lowest BCUT2D eigenvalue weighted by Gasteiger charge is -2.16. The second-order valence-corrected chi connectivity index (χ2v) is 10.8. The van der Waals surface area contributed by atoms with Gasteiger partial charge in [0.25, 0.3) is 0 Å². The molecule has 0 aliphatic heterocycles. The molecule has 226 valence electrons. The number of carbonyl (C=O) groups is 2. The first-order valence-corrected chi connectivity index (χ1v) is 15.6. The summed E-state index contributed by atoms with van der Waals surface area (Å²) in [6.45, 7) is 0.457. The van der Waals surface area contributed by atoms with Crippen LogP contribution >= 0.6 is 7.82 Å². The summed E-state index contributed by atoms with van der Waals surface area (Å²) in [5.74, 6) is -1.87. The predicted octanol–water partition coefficient (Wildman–Crippen LogP) is 5.59. The maximum absolute atomic E-state index is 11.8. The predicted molar refractivity (Wildman–Crippen MR) is 152 cm³/mol. The number of allylic oxidation sites excluding steroid dienone is 6. The summed E-state index contributed by atoms with van der Waals surface area (Å²) in [6.07, 6.45) is 26.5. The minimum absolute atomic E-state index is 0.229. The standard InChI is InChI=1S/C28H50NO9P/c1-2-3-4-5-6-7-8-9-10-11-12-13-14-15-16-17-18-19-20-21-27(31)36-22-25(30)23-37-39(34,35)38-24-26(29)28(32)33/h6-7,9-10,12-13,25-26,30H,2-5,8,11,14-24,29H2,1H3,(H,32,33)(H,34,35)/b7-6-,10-9-,13-12-. The summed E-state index contributed by atoms with van der Waals surface area (Å²) in [7, 11) is -4.59. The Kier molecular flexibility index (Phi) is 24.0. The lowest BCUT2D eigenvalue weighted by molar-refractivity contribution is -0.147. The van der Waals surface area contributed by atoms with Gasteiger partial charge in [-0.1, -0.05) is 81.9 Å². The third kappa shape index (κ3) is 26.2. The number of esters is 1. The molecule has 0 bridgehead atoms. The van der Waals surface area contributed by atoms with Gasteiger partial charge in [0.1, 0.15) is 18.8 Å². The summed E-state index contributed by atoms with van der Waals surface area (Å²) in [4.78, 5) is 31.8. The Labute approximate surface area is 233 Å². The number of hydrogen-bond acceptors (Lipinski definition) is 8. The lowest BCUT2D eigenvalue weighted by atomic mass is 10.1. The molecule has 3 atom stereocenters. The van der Waals surface area contributed by atoms with E-state index >= 15 is 0 Å². The molecule has 3 unspecified atom stereocenters. The van der Waals surface area contributed by atoms with Crippen molar-refractivity contribution < 1.29 is 43.0 Å². The molecule has 0 radical (unpaired) electrons. The van der Waals surface area contributed by atoms with Crippen LogP contribution < -0.4 is 5.73 Å². The van der Waals surface area contributed by atoms with Crippen molar-refractivity contribution >= 4 is 19.8 Å². The van der Waals surface area contributed by atoms with Crippen molar-refractivity contribution in [2.24, 2.45) is 5.73 Å². The number of nitrogens with two attached hydrogens (primary N) is 1. The molecule has 0 spiro atoms. The Balaban J connectivity index is 3.62. The number of hydrogen-bond donors (Lipinski definition) is 4. The minimum atomic E-state index is -4.59. The molecule has 0 aromatic carbocycles. The van der Waals surface area contributed by atoms with Gasteiger partial charge in [-0.15, -0.1) is 0 Å². The number of unbranched alkanes of at least 4 members (excludes halogenated alkanes) is 9. The summed E-state index contributed by atoms with van der Waals surface area (Å²) in [6, 6.07) is -1.49. The number of phosphoric acid groups is 1. The van der Waals surface area contributed by atoms with E-state index in [1.165, 1.54) is 25.7 Å². The minimum Gasteiger partial charge on any atom is -0.480 e. The van der Waals surface area contributed by atoms with Crippen molar-refractivity contribution in [2.45, 2.75) is 109 Å². The number of aliphatic hydroxyl groups excluding tert-OH is 1. The molecule has 0 saturated carbocycles. The Bertz CT molecular complexity index is 770. The van der Waals surface area contributed by atoms with Crippen LogP contribution in [0.1, 0.15) is 96.8 Å². The molecule has 0 heterocycles. The average Bonchev–Trinajstić information content (AvgIpc) is 2.90. The van der Waals surface area contributed by atoms with E-state index in [2.05, 4.69) is 52.4 Å². The van der Waals surface area contributed by atoms with Gasteiger partial charge < -0.3 is 25.6 Å². The molecule has 5 N–H and O–H groups in total. The Morgan fingerprint density at radius 2 is 1.31 bits per heavy atom. The van der Waals surface area contributed by atoms with Crippen LogP contribution in [0, 0.1) is 0 Å². The normalized spacial score (nSPS) is 15.2. The smallest absolute Gasteiger partial charge is 0.472 e. The maximum Gasteiger partial charge on any atom is 0.472 e. The van der Waals surface area contributed by atoms with Crippen molar-refractivity contribution in [3.63, 3.8) is 0 Å². The van der Waals surface area contributed by atoms with Crippen LogP contribution in [0.3, 0.4) is 0 Å². The molecule has 0 aliphatic carbocycles. The molecule has 0 aromatic heterocycles. The first-order valence-electron chi connectivity index (χ1n) is 14.1. The van der Waals surface area contributed by atoms with Crippen LogP contribution in [-0.4, -0.2) is 59.0 Å². The zero-order valence-corrected chi connectivity index (χ0v) is 24.3. The lowest BCUT2D eigenvalue weighted by Crippen LogP contribution is -2.34. The van der Waals surface area contributed by atoms with Crippen LogP contribution in [0.4, 0.5) is 0 Å². The quantitative estimate of drug-likeness (QED) is 0.0442. The highest BCUT2D eigenvalue weighted by Crippen LogP contribution is 2.43. The highest BCUT2D eigenvalue weighted by molar-refractivity contribution is 7.47. The first kappa shape index (κ1) is 37.2. The fourth-order valence-corrected chi connectivity index (χ4v) is 4.09. The van der Waals surface area contributed by atoms with E-state index in [0.29, 0.717) is 6.42 Å². The fourth-order valence-electron chi connectivity index (χ4n) is 3.30. The number of carboxylic acids is 1. The zero-order valence-electron chi connectivity index (χ0n) is 23.5. The van der Waals surface area contributed by atoms with Crippen LogP contribution in [0.15, 0.2) is 36.5 Å². The second-order valence-electron chi connectivity index (χ2n) is 9.38. The number of phosphoric ester groups is 1. The molecule has 0 saturated heterocycles. The SMILES string of the molecule is CCCCC/C=C\C/C=C\C/C=C\CCCCCCCCC(=O)OCC(O)COP(=O)(O)OCC(N)C(=O)O. The van der Waals surface area contributed by atoms with Crippen LogP contribution in [-0.2, 0) is 27.9 Å². The summed E-state index contributed by atoms with van der Waals surface area (Å²) < 4.78 is 25.5. The second kappa shape index (κ2) is 25.2. The molecular formula is C28H50NO9P. The number of carbonyl (C=O) groups excluding carboxylic acids is 1.